The summed E-state index contributed by atoms with van der Waals surface area (Å²) in [5, 5.41) is 2.83. The lowest BCUT2D eigenvalue weighted by Crippen LogP contribution is -2.40. The molecule has 0 atom stereocenters. The number of hydrogen-bond donors (Lipinski definition) is 1. The van der Waals surface area contributed by atoms with E-state index in [-0.39, 0.29) is 23.1 Å². The number of carbonyl (C=O) groups excluding carboxylic acids is 1. The third-order valence-electron chi connectivity index (χ3n) is 5.23. The van der Waals surface area contributed by atoms with Crippen LogP contribution in [-0.2, 0) is 17.9 Å². The average molecular weight is 481 g/mol. The third-order valence-corrected chi connectivity index (χ3v) is 5.23. The Morgan fingerprint density at radius 3 is 2.09 bits per heavy atom. The van der Waals surface area contributed by atoms with Gasteiger partial charge in [-0.25, -0.2) is 9.79 Å². The summed E-state index contributed by atoms with van der Waals surface area (Å²) >= 11 is 0. The molecule has 0 aliphatic heterocycles. The molecule has 0 radical (unpaired) electrons. The second kappa shape index (κ2) is 14.7. The van der Waals surface area contributed by atoms with Crippen LogP contribution in [0.25, 0.3) is 5.57 Å². The highest BCUT2D eigenvalue weighted by atomic mass is 16.2. The van der Waals surface area contributed by atoms with E-state index in [1.54, 1.807) is 24.6 Å². The number of rotatable bonds is 8. The molecule has 0 saturated carbocycles. The zero-order chi connectivity index (χ0) is 26.5. The average Bonchev–Trinajstić information content (AvgIpc) is 2.85. The van der Waals surface area contributed by atoms with Crippen LogP contribution in [0.5, 0.6) is 0 Å². The second-order valence-corrected chi connectivity index (χ2v) is 8.27. The summed E-state index contributed by atoms with van der Waals surface area (Å²) in [6, 6.07) is 7.88. The zero-order valence-electron chi connectivity index (χ0n) is 22.4. The number of hydrogen-bond acceptors (Lipinski definition) is 4. The van der Waals surface area contributed by atoms with Gasteiger partial charge >= 0.3 is 5.69 Å². The first-order valence-corrected chi connectivity index (χ1v) is 12.2. The molecule has 1 N–H and O–H groups in total. The highest BCUT2D eigenvalue weighted by molar-refractivity contribution is 5.90. The minimum absolute atomic E-state index is 0.0393. The smallest absolute Gasteiger partial charge is 0.326 e. The lowest BCUT2D eigenvalue weighted by Gasteiger charge is -2.13. The first-order chi connectivity index (χ1) is 16.6. The molecule has 1 aromatic heterocycles. The van der Waals surface area contributed by atoms with E-state index in [0.29, 0.717) is 30.9 Å². The summed E-state index contributed by atoms with van der Waals surface area (Å²) in [4.78, 5) is 39.7. The maximum absolute atomic E-state index is 12.1. The monoisotopic (exact) mass is 480 g/mol. The van der Waals surface area contributed by atoms with Crippen molar-refractivity contribution in [1.29, 1.82) is 0 Å². The van der Waals surface area contributed by atoms with Crippen molar-refractivity contribution in [2.24, 2.45) is 10.9 Å². The van der Waals surface area contributed by atoms with Crippen LogP contribution in [0.15, 0.2) is 57.1 Å². The topological polar surface area (TPSA) is 85.5 Å². The number of amides is 1. The molecule has 0 fully saturated rings. The van der Waals surface area contributed by atoms with E-state index in [1.165, 1.54) is 10.1 Å². The molecular weight excluding hydrogens is 440 g/mol. The van der Waals surface area contributed by atoms with Crippen LogP contribution in [-0.4, -0.2) is 21.3 Å². The van der Waals surface area contributed by atoms with E-state index in [4.69, 9.17) is 0 Å². The summed E-state index contributed by atoms with van der Waals surface area (Å²) in [5.41, 5.74) is 3.17. The van der Waals surface area contributed by atoms with Gasteiger partial charge in [-0.1, -0.05) is 51.1 Å². The summed E-state index contributed by atoms with van der Waals surface area (Å²) < 4.78 is 2.78. The molecule has 0 unspecified atom stereocenters. The van der Waals surface area contributed by atoms with Crippen molar-refractivity contribution in [2.75, 3.05) is 5.32 Å². The van der Waals surface area contributed by atoms with Crippen LogP contribution in [0, 0.1) is 12.8 Å². The van der Waals surface area contributed by atoms with Gasteiger partial charge in [0, 0.05) is 31.4 Å². The minimum Gasteiger partial charge on any atom is -0.326 e. The van der Waals surface area contributed by atoms with Crippen LogP contribution in [0.3, 0.4) is 0 Å². The van der Waals surface area contributed by atoms with E-state index < -0.39 is 0 Å². The summed E-state index contributed by atoms with van der Waals surface area (Å²) in [7, 11) is 0. The molecule has 7 nitrogen and oxygen atoms in total. The Bertz CT molecular complexity index is 1180. The maximum atomic E-state index is 12.1. The number of carbonyl (C=O) groups is 1. The Hall–Kier alpha value is -3.48. The summed E-state index contributed by atoms with van der Waals surface area (Å²) in [5.74, 6) is 0.793. The van der Waals surface area contributed by atoms with Gasteiger partial charge in [-0.2, -0.15) is 0 Å². The van der Waals surface area contributed by atoms with Crippen LogP contribution < -0.4 is 16.6 Å². The van der Waals surface area contributed by atoms with E-state index in [2.05, 4.69) is 22.5 Å². The largest absolute Gasteiger partial charge is 0.332 e. The van der Waals surface area contributed by atoms with Crippen molar-refractivity contribution in [3.63, 3.8) is 0 Å². The van der Waals surface area contributed by atoms with E-state index >= 15 is 0 Å². The maximum Gasteiger partial charge on any atom is 0.332 e. The van der Waals surface area contributed by atoms with Crippen molar-refractivity contribution in [3.05, 3.63) is 74.5 Å². The second-order valence-electron chi connectivity index (χ2n) is 8.27. The molecule has 1 heterocycles. The lowest BCUT2D eigenvalue weighted by molar-refractivity contribution is -0.115. The van der Waals surface area contributed by atoms with Crippen molar-refractivity contribution in [2.45, 2.75) is 74.9 Å². The molecule has 7 heteroatoms. The first-order valence-electron chi connectivity index (χ1n) is 12.2. The number of nitrogens with zero attached hydrogens (tertiary/aromatic N) is 3. The highest BCUT2D eigenvalue weighted by Gasteiger charge is 2.13. The standard InChI is InChI=1S/C15H19NO.C13H21N3O2/c1-4-7-12(5-2)13-8-10-14(11-9-13)16-15(17)6-3;1-6-15-11(14-8-9(3)4)10(5)12(17)16(7-2)13(15)18/h4-5,7-11H,6H2,1-3H3,(H,16,17);8-9H,6-7H2,1-5H3/b7-4-,12-5+;14-8-. The van der Waals surface area contributed by atoms with Crippen molar-refractivity contribution >= 4 is 29.2 Å². The molecule has 1 amide bonds. The van der Waals surface area contributed by atoms with Crippen molar-refractivity contribution in [3.8, 4) is 0 Å². The molecule has 35 heavy (non-hydrogen) atoms. The van der Waals surface area contributed by atoms with E-state index in [0.717, 1.165) is 11.3 Å². The van der Waals surface area contributed by atoms with Gasteiger partial charge in [0.25, 0.3) is 5.56 Å². The predicted molar refractivity (Wildman–Crippen MR) is 148 cm³/mol. The van der Waals surface area contributed by atoms with E-state index in [1.807, 2.05) is 71.9 Å². The molecule has 0 aliphatic rings. The van der Waals surface area contributed by atoms with Gasteiger partial charge < -0.3 is 5.32 Å². The Balaban J connectivity index is 0.000000351. The Morgan fingerprint density at radius 1 is 1.03 bits per heavy atom. The fourth-order valence-electron chi connectivity index (χ4n) is 3.31. The zero-order valence-corrected chi connectivity index (χ0v) is 22.4. The van der Waals surface area contributed by atoms with Gasteiger partial charge in [-0.05, 0) is 63.8 Å². The van der Waals surface area contributed by atoms with Crippen molar-refractivity contribution in [1.82, 2.24) is 9.13 Å². The van der Waals surface area contributed by atoms with Gasteiger partial charge in [-0.3, -0.25) is 18.7 Å². The number of anilines is 1. The van der Waals surface area contributed by atoms with E-state index in [9.17, 15) is 14.4 Å². The highest BCUT2D eigenvalue weighted by Crippen LogP contribution is 2.18. The fraction of sp³-hybridized carbons (Fsp3) is 0.429. The molecular formula is C28H40N4O3. The van der Waals surface area contributed by atoms with Crippen LogP contribution in [0.4, 0.5) is 11.5 Å². The molecule has 0 bridgehead atoms. The Morgan fingerprint density at radius 2 is 1.63 bits per heavy atom. The fourth-order valence-corrected chi connectivity index (χ4v) is 3.31. The molecule has 2 aromatic rings. The number of benzene rings is 1. The molecule has 0 saturated heterocycles. The molecule has 2 rings (SSSR count). The Labute approximate surface area is 208 Å². The third kappa shape index (κ3) is 8.35. The minimum atomic E-state index is -0.286. The molecule has 0 spiro atoms. The van der Waals surface area contributed by atoms with Crippen LogP contribution in [0.1, 0.15) is 66.0 Å². The summed E-state index contributed by atoms with van der Waals surface area (Å²) in [6.45, 7) is 16.1. The normalized spacial score (nSPS) is 11.7. The summed E-state index contributed by atoms with van der Waals surface area (Å²) in [6.07, 6.45) is 8.41. The number of allylic oxidation sites excluding steroid dienone is 4. The van der Waals surface area contributed by atoms with Gasteiger partial charge in [0.05, 0.1) is 5.56 Å². The SMILES string of the molecule is C/C=C\C(=C/C)c1ccc(NC(=O)CC)cc1.CCn1c(/N=C\C(C)C)c(C)c(=O)n(CC)c1=O. The van der Waals surface area contributed by atoms with Crippen molar-refractivity contribution < 1.29 is 4.79 Å². The predicted octanol–water partition coefficient (Wildman–Crippen LogP) is 5.73. The lowest BCUT2D eigenvalue weighted by atomic mass is 10.0. The number of aliphatic imine (C=N–C) groups is 1. The van der Waals surface area contributed by atoms with Gasteiger partial charge in [0.2, 0.25) is 5.91 Å². The molecule has 190 valence electrons. The van der Waals surface area contributed by atoms with Gasteiger partial charge in [0.15, 0.2) is 0 Å². The first kappa shape index (κ1) is 29.6. The quantitative estimate of drug-likeness (QED) is 0.387. The number of aromatic nitrogens is 2. The molecule has 1 aromatic carbocycles. The number of nitrogens with one attached hydrogen (secondary N) is 1. The van der Waals surface area contributed by atoms with Crippen LogP contribution in [0.2, 0.25) is 0 Å². The van der Waals surface area contributed by atoms with Crippen LogP contribution >= 0.6 is 0 Å². The van der Waals surface area contributed by atoms with Gasteiger partial charge in [-0.15, -0.1) is 0 Å². The Kier molecular flexibility index (Phi) is 12.4. The van der Waals surface area contributed by atoms with Gasteiger partial charge in [0.1, 0.15) is 5.82 Å². The molecule has 0 aliphatic carbocycles.